The third kappa shape index (κ3) is 2.41. The van der Waals surface area contributed by atoms with Gasteiger partial charge in [0.05, 0.1) is 0 Å². The van der Waals surface area contributed by atoms with Gasteiger partial charge in [-0.25, -0.2) is 0 Å². The fourth-order valence-electron chi connectivity index (χ4n) is 1.81. The summed E-state index contributed by atoms with van der Waals surface area (Å²) in [5.74, 6) is -0.00212. The molecule has 0 radical (unpaired) electrons. The summed E-state index contributed by atoms with van der Waals surface area (Å²) in [4.78, 5) is 13.5. The van der Waals surface area contributed by atoms with E-state index in [2.05, 4.69) is 0 Å². The Morgan fingerprint density at radius 3 is 2.33 bits per heavy atom. The van der Waals surface area contributed by atoms with Gasteiger partial charge in [-0.05, 0) is 23.8 Å². The van der Waals surface area contributed by atoms with E-state index in [4.69, 9.17) is 11.6 Å². The van der Waals surface area contributed by atoms with Gasteiger partial charge < -0.3 is 9.47 Å². The van der Waals surface area contributed by atoms with Crippen molar-refractivity contribution in [3.8, 4) is 11.1 Å². The minimum Gasteiger partial charge on any atom is -0.346 e. The van der Waals surface area contributed by atoms with Gasteiger partial charge in [0.25, 0.3) is 5.91 Å². The summed E-state index contributed by atoms with van der Waals surface area (Å²) in [6.07, 6.45) is 1.94. The first-order valence-corrected chi connectivity index (χ1v) is 6.01. The predicted octanol–water partition coefficient (Wildman–Crippen LogP) is 3.05. The van der Waals surface area contributed by atoms with E-state index in [0.29, 0.717) is 10.7 Å². The SMILES string of the molecule is CN(C)C(=O)c1cc(-c2ccc(Cl)cc2)cn1C. The standard InChI is InChI=1S/C14H15ClN2O/c1-16(2)14(18)13-8-11(9-17(13)3)10-4-6-12(15)7-5-10/h4-9H,1-3H3. The number of amides is 1. The molecule has 0 aliphatic carbocycles. The van der Waals surface area contributed by atoms with E-state index in [0.717, 1.165) is 11.1 Å². The summed E-state index contributed by atoms with van der Waals surface area (Å²) in [6, 6.07) is 9.48. The van der Waals surface area contributed by atoms with Gasteiger partial charge in [0.2, 0.25) is 0 Å². The monoisotopic (exact) mass is 262 g/mol. The molecule has 0 bridgehead atoms. The summed E-state index contributed by atoms with van der Waals surface area (Å²) >= 11 is 5.86. The molecule has 1 amide bonds. The molecule has 0 spiro atoms. The van der Waals surface area contributed by atoms with Crippen molar-refractivity contribution < 1.29 is 4.79 Å². The molecular weight excluding hydrogens is 248 g/mol. The maximum absolute atomic E-state index is 11.9. The molecule has 1 aromatic heterocycles. The van der Waals surface area contributed by atoms with Crippen LogP contribution in [0.25, 0.3) is 11.1 Å². The number of aryl methyl sites for hydroxylation is 1. The third-order valence-corrected chi connectivity index (χ3v) is 3.06. The van der Waals surface area contributed by atoms with Crippen LogP contribution in [-0.2, 0) is 7.05 Å². The first-order chi connectivity index (χ1) is 8.49. The molecule has 0 atom stereocenters. The van der Waals surface area contributed by atoms with E-state index >= 15 is 0 Å². The zero-order chi connectivity index (χ0) is 13.3. The molecule has 0 N–H and O–H groups in total. The highest BCUT2D eigenvalue weighted by atomic mass is 35.5. The number of rotatable bonds is 2. The van der Waals surface area contributed by atoms with Gasteiger partial charge in [-0.3, -0.25) is 4.79 Å². The van der Waals surface area contributed by atoms with Crippen molar-refractivity contribution in [3.05, 3.63) is 47.2 Å². The van der Waals surface area contributed by atoms with Gasteiger partial charge in [0.1, 0.15) is 5.69 Å². The molecule has 2 aromatic rings. The van der Waals surface area contributed by atoms with E-state index in [-0.39, 0.29) is 5.91 Å². The Hall–Kier alpha value is -1.74. The van der Waals surface area contributed by atoms with Crippen molar-refractivity contribution in [2.75, 3.05) is 14.1 Å². The second kappa shape index (κ2) is 4.86. The molecule has 0 saturated carbocycles. The minimum absolute atomic E-state index is 0.00212. The van der Waals surface area contributed by atoms with Crippen LogP contribution >= 0.6 is 11.6 Å². The fraction of sp³-hybridized carbons (Fsp3) is 0.214. The van der Waals surface area contributed by atoms with E-state index < -0.39 is 0 Å². The minimum atomic E-state index is -0.00212. The number of aromatic nitrogens is 1. The molecule has 0 aliphatic heterocycles. The van der Waals surface area contributed by atoms with Crippen LogP contribution in [0.15, 0.2) is 36.5 Å². The summed E-state index contributed by atoms with van der Waals surface area (Å²) in [5, 5.41) is 0.708. The van der Waals surface area contributed by atoms with Crippen molar-refractivity contribution >= 4 is 17.5 Å². The molecular formula is C14H15ClN2O. The first-order valence-electron chi connectivity index (χ1n) is 5.63. The summed E-state index contributed by atoms with van der Waals surface area (Å²) in [5.41, 5.74) is 2.73. The Labute approximate surface area is 112 Å². The summed E-state index contributed by atoms with van der Waals surface area (Å²) in [6.45, 7) is 0. The van der Waals surface area contributed by atoms with Gasteiger partial charge in [-0.2, -0.15) is 0 Å². The van der Waals surface area contributed by atoms with Crippen LogP contribution in [0.1, 0.15) is 10.5 Å². The van der Waals surface area contributed by atoms with Crippen LogP contribution in [0.3, 0.4) is 0 Å². The highest BCUT2D eigenvalue weighted by molar-refractivity contribution is 6.30. The van der Waals surface area contributed by atoms with Crippen molar-refractivity contribution in [2.45, 2.75) is 0 Å². The molecule has 94 valence electrons. The molecule has 0 saturated heterocycles. The lowest BCUT2D eigenvalue weighted by Crippen LogP contribution is -2.23. The van der Waals surface area contributed by atoms with Gasteiger partial charge in [-0.1, -0.05) is 23.7 Å². The maximum Gasteiger partial charge on any atom is 0.269 e. The Balaban J connectivity index is 2.40. The zero-order valence-corrected chi connectivity index (χ0v) is 11.4. The number of carbonyl (C=O) groups is 1. The quantitative estimate of drug-likeness (QED) is 0.817. The number of nitrogens with zero attached hydrogens (tertiary/aromatic N) is 2. The summed E-state index contributed by atoms with van der Waals surface area (Å²) in [7, 11) is 5.37. The summed E-state index contributed by atoms with van der Waals surface area (Å²) < 4.78 is 1.84. The van der Waals surface area contributed by atoms with E-state index in [1.807, 2.05) is 48.1 Å². The van der Waals surface area contributed by atoms with Gasteiger partial charge in [-0.15, -0.1) is 0 Å². The van der Waals surface area contributed by atoms with E-state index in [9.17, 15) is 4.79 Å². The molecule has 0 aliphatic rings. The molecule has 0 unspecified atom stereocenters. The molecule has 1 heterocycles. The average molecular weight is 263 g/mol. The third-order valence-electron chi connectivity index (χ3n) is 2.81. The van der Waals surface area contributed by atoms with Crippen LogP contribution in [0.4, 0.5) is 0 Å². The number of benzene rings is 1. The lowest BCUT2D eigenvalue weighted by Gasteiger charge is -2.10. The second-order valence-electron chi connectivity index (χ2n) is 4.43. The fourth-order valence-corrected chi connectivity index (χ4v) is 1.93. The lowest BCUT2D eigenvalue weighted by atomic mass is 10.1. The van der Waals surface area contributed by atoms with E-state index in [1.54, 1.807) is 19.0 Å². The van der Waals surface area contributed by atoms with E-state index in [1.165, 1.54) is 0 Å². The Morgan fingerprint density at radius 1 is 1.17 bits per heavy atom. The smallest absolute Gasteiger partial charge is 0.269 e. The van der Waals surface area contributed by atoms with Gasteiger partial charge >= 0.3 is 0 Å². The number of hydrogen-bond donors (Lipinski definition) is 0. The number of halogens is 1. The largest absolute Gasteiger partial charge is 0.346 e. The lowest BCUT2D eigenvalue weighted by molar-refractivity contribution is 0.0818. The van der Waals surface area contributed by atoms with Gasteiger partial charge in [0, 0.05) is 37.9 Å². The molecule has 0 fully saturated rings. The Bertz CT molecular complexity index is 570. The molecule has 3 nitrogen and oxygen atoms in total. The Morgan fingerprint density at radius 2 is 1.78 bits per heavy atom. The predicted molar refractivity (Wildman–Crippen MR) is 73.9 cm³/mol. The van der Waals surface area contributed by atoms with Crippen LogP contribution in [0.2, 0.25) is 5.02 Å². The molecule has 2 rings (SSSR count). The maximum atomic E-state index is 11.9. The second-order valence-corrected chi connectivity index (χ2v) is 4.87. The van der Waals surface area contributed by atoms with Crippen molar-refractivity contribution in [1.29, 1.82) is 0 Å². The average Bonchev–Trinajstić information content (AvgIpc) is 2.71. The normalized spacial score (nSPS) is 10.4. The molecule has 1 aromatic carbocycles. The number of carbonyl (C=O) groups excluding carboxylic acids is 1. The van der Waals surface area contributed by atoms with Crippen molar-refractivity contribution in [3.63, 3.8) is 0 Å². The van der Waals surface area contributed by atoms with Crippen molar-refractivity contribution in [1.82, 2.24) is 9.47 Å². The van der Waals surface area contributed by atoms with Crippen LogP contribution in [0, 0.1) is 0 Å². The van der Waals surface area contributed by atoms with Crippen molar-refractivity contribution in [2.24, 2.45) is 7.05 Å². The zero-order valence-electron chi connectivity index (χ0n) is 10.6. The Kier molecular flexibility index (Phi) is 3.43. The van der Waals surface area contributed by atoms with Crippen LogP contribution in [0.5, 0.6) is 0 Å². The van der Waals surface area contributed by atoms with Crippen LogP contribution in [-0.4, -0.2) is 29.5 Å². The van der Waals surface area contributed by atoms with Gasteiger partial charge in [0.15, 0.2) is 0 Å². The topological polar surface area (TPSA) is 25.2 Å². The highest BCUT2D eigenvalue weighted by Gasteiger charge is 2.14. The first kappa shape index (κ1) is 12.7. The number of hydrogen-bond acceptors (Lipinski definition) is 1. The molecule has 4 heteroatoms. The van der Waals surface area contributed by atoms with Crippen LogP contribution < -0.4 is 0 Å². The molecule has 18 heavy (non-hydrogen) atoms. The highest BCUT2D eigenvalue weighted by Crippen LogP contribution is 2.23.